The van der Waals surface area contributed by atoms with Gasteiger partial charge in [0.25, 0.3) is 0 Å². The molecule has 0 heterocycles. The number of rotatable bonds is 6. The van der Waals surface area contributed by atoms with Crippen LogP contribution in [0.1, 0.15) is 32.1 Å². The number of nitrogens with zero attached hydrogens (tertiary/aromatic N) is 1. The summed E-state index contributed by atoms with van der Waals surface area (Å²) in [4.78, 5) is 2.47. The van der Waals surface area contributed by atoms with Crippen molar-refractivity contribution in [1.82, 2.24) is 4.90 Å². The van der Waals surface area contributed by atoms with Crippen molar-refractivity contribution in [3.63, 3.8) is 0 Å². The van der Waals surface area contributed by atoms with Gasteiger partial charge >= 0.3 is 0 Å². The molecule has 1 aliphatic carbocycles. The molecule has 0 aromatic heterocycles. The Labute approximate surface area is 125 Å². The highest BCUT2D eigenvalue weighted by molar-refractivity contribution is 9.10. The van der Waals surface area contributed by atoms with E-state index in [9.17, 15) is 0 Å². The molecule has 1 saturated carbocycles. The fourth-order valence-corrected chi connectivity index (χ4v) is 3.12. The Bertz CT molecular complexity index is 358. The van der Waals surface area contributed by atoms with Crippen molar-refractivity contribution >= 4 is 21.6 Å². The molecule has 0 saturated heterocycles. The highest BCUT2D eigenvalue weighted by Crippen LogP contribution is 2.24. The Morgan fingerprint density at radius 2 is 1.84 bits per heavy atom. The Morgan fingerprint density at radius 3 is 2.53 bits per heavy atom. The maximum atomic E-state index is 3.48. The van der Waals surface area contributed by atoms with Gasteiger partial charge in [0.05, 0.1) is 0 Å². The van der Waals surface area contributed by atoms with E-state index in [0.29, 0.717) is 0 Å². The quantitative estimate of drug-likeness (QED) is 0.835. The minimum Gasteiger partial charge on any atom is -0.384 e. The molecule has 0 amide bonds. The third kappa shape index (κ3) is 5.53. The first kappa shape index (κ1) is 14.9. The van der Waals surface area contributed by atoms with Crippen LogP contribution < -0.4 is 5.32 Å². The largest absolute Gasteiger partial charge is 0.384 e. The van der Waals surface area contributed by atoms with Gasteiger partial charge in [-0.05, 0) is 50.1 Å². The number of likely N-dealkylation sites (N-methyl/N-ethyl adjacent to an activating group) is 1. The lowest BCUT2D eigenvalue weighted by molar-refractivity contribution is 0.239. The van der Waals surface area contributed by atoms with Crippen LogP contribution >= 0.6 is 15.9 Å². The number of benzene rings is 1. The molecule has 1 fully saturated rings. The lowest BCUT2D eigenvalue weighted by Gasteiger charge is -2.27. The van der Waals surface area contributed by atoms with Crippen LogP contribution in [0.25, 0.3) is 0 Å². The smallest absolute Gasteiger partial charge is 0.0341 e. The summed E-state index contributed by atoms with van der Waals surface area (Å²) >= 11 is 3.46. The van der Waals surface area contributed by atoms with Gasteiger partial charge in [0.1, 0.15) is 0 Å². The molecular weight excluding hydrogens is 300 g/mol. The minimum absolute atomic E-state index is 0.937. The van der Waals surface area contributed by atoms with Crippen molar-refractivity contribution in [1.29, 1.82) is 0 Å². The zero-order valence-electron chi connectivity index (χ0n) is 11.9. The summed E-state index contributed by atoms with van der Waals surface area (Å²) in [7, 11) is 2.25. The second-order valence-corrected chi connectivity index (χ2v) is 6.62. The molecule has 2 rings (SSSR count). The first-order valence-electron chi connectivity index (χ1n) is 7.42. The number of halogens is 1. The molecule has 0 radical (unpaired) electrons. The number of nitrogens with one attached hydrogen (secondary N) is 1. The fourth-order valence-electron chi connectivity index (χ4n) is 2.86. The summed E-state index contributed by atoms with van der Waals surface area (Å²) in [6.45, 7) is 3.40. The maximum Gasteiger partial charge on any atom is 0.0341 e. The highest BCUT2D eigenvalue weighted by atomic mass is 79.9. The third-order valence-electron chi connectivity index (χ3n) is 3.96. The lowest BCUT2D eigenvalue weighted by Crippen LogP contribution is -2.31. The fraction of sp³-hybridized carbons (Fsp3) is 0.625. The Hall–Kier alpha value is -0.540. The van der Waals surface area contributed by atoms with E-state index in [4.69, 9.17) is 0 Å². The van der Waals surface area contributed by atoms with Gasteiger partial charge < -0.3 is 10.2 Å². The van der Waals surface area contributed by atoms with Crippen LogP contribution in [-0.2, 0) is 0 Å². The van der Waals surface area contributed by atoms with Gasteiger partial charge in [0, 0.05) is 29.8 Å². The lowest BCUT2D eigenvalue weighted by atomic mass is 9.89. The van der Waals surface area contributed by atoms with Crippen molar-refractivity contribution in [3.8, 4) is 0 Å². The summed E-state index contributed by atoms with van der Waals surface area (Å²) in [5.74, 6) is 0.937. The molecule has 2 nitrogen and oxygen atoms in total. The van der Waals surface area contributed by atoms with Crippen LogP contribution in [0.15, 0.2) is 28.7 Å². The van der Waals surface area contributed by atoms with E-state index in [-0.39, 0.29) is 0 Å². The highest BCUT2D eigenvalue weighted by Gasteiger charge is 2.14. The summed E-state index contributed by atoms with van der Waals surface area (Å²) < 4.78 is 1.13. The summed E-state index contributed by atoms with van der Waals surface area (Å²) in [5, 5.41) is 3.48. The van der Waals surface area contributed by atoms with Crippen LogP contribution in [0.3, 0.4) is 0 Å². The molecule has 1 aliphatic rings. The predicted molar refractivity (Wildman–Crippen MR) is 86.7 cm³/mol. The number of anilines is 1. The molecule has 1 aromatic carbocycles. The molecule has 1 aromatic rings. The van der Waals surface area contributed by atoms with Gasteiger partial charge in [-0.3, -0.25) is 0 Å². The van der Waals surface area contributed by atoms with Gasteiger partial charge in [-0.1, -0.05) is 35.2 Å². The minimum atomic E-state index is 0.937. The van der Waals surface area contributed by atoms with Crippen LogP contribution in [0.4, 0.5) is 5.69 Å². The summed E-state index contributed by atoms with van der Waals surface area (Å²) in [5.41, 5.74) is 1.20. The Kier molecular flexibility index (Phi) is 6.18. The molecule has 1 N–H and O–H groups in total. The zero-order valence-corrected chi connectivity index (χ0v) is 13.5. The monoisotopic (exact) mass is 324 g/mol. The third-order valence-corrected chi connectivity index (χ3v) is 4.49. The molecule has 3 heteroatoms. The van der Waals surface area contributed by atoms with Crippen LogP contribution in [0, 0.1) is 5.92 Å². The topological polar surface area (TPSA) is 15.3 Å². The second-order valence-electron chi connectivity index (χ2n) is 5.70. The molecule has 0 spiro atoms. The molecule has 0 aliphatic heterocycles. The average Bonchev–Trinajstić information content (AvgIpc) is 2.42. The summed E-state index contributed by atoms with van der Waals surface area (Å²) in [6, 6.07) is 8.39. The Morgan fingerprint density at radius 1 is 1.16 bits per heavy atom. The zero-order chi connectivity index (χ0) is 13.5. The molecule has 0 bridgehead atoms. The van der Waals surface area contributed by atoms with Crippen molar-refractivity contribution in [2.24, 2.45) is 5.92 Å². The molecule has 106 valence electrons. The molecule has 0 atom stereocenters. The van der Waals surface area contributed by atoms with E-state index in [1.807, 2.05) is 0 Å². The van der Waals surface area contributed by atoms with Gasteiger partial charge in [-0.25, -0.2) is 0 Å². The van der Waals surface area contributed by atoms with Gasteiger partial charge in [-0.15, -0.1) is 0 Å². The van der Waals surface area contributed by atoms with Crippen LogP contribution in [0.5, 0.6) is 0 Å². The maximum absolute atomic E-state index is 3.48. The number of hydrogen-bond acceptors (Lipinski definition) is 2. The normalized spacial score (nSPS) is 16.8. The molecular formula is C16H25BrN2. The van der Waals surface area contributed by atoms with E-state index in [0.717, 1.165) is 23.5 Å². The SMILES string of the molecule is CN(CCNc1ccc(Br)cc1)CC1CCCCC1. The van der Waals surface area contributed by atoms with Crippen molar-refractivity contribution < 1.29 is 0 Å². The predicted octanol–water partition coefficient (Wildman–Crippen LogP) is 4.37. The van der Waals surface area contributed by atoms with E-state index in [1.165, 1.54) is 44.3 Å². The van der Waals surface area contributed by atoms with E-state index in [1.54, 1.807) is 0 Å². The van der Waals surface area contributed by atoms with Crippen molar-refractivity contribution in [2.45, 2.75) is 32.1 Å². The van der Waals surface area contributed by atoms with Crippen molar-refractivity contribution in [3.05, 3.63) is 28.7 Å². The van der Waals surface area contributed by atoms with E-state index in [2.05, 4.69) is 57.5 Å². The standard InChI is InChI=1S/C16H25BrN2/c1-19(13-14-5-3-2-4-6-14)12-11-18-16-9-7-15(17)8-10-16/h7-10,14,18H,2-6,11-13H2,1H3. The first-order valence-corrected chi connectivity index (χ1v) is 8.21. The van der Waals surface area contributed by atoms with Crippen LogP contribution in [0.2, 0.25) is 0 Å². The molecule has 19 heavy (non-hydrogen) atoms. The first-order chi connectivity index (χ1) is 9.24. The van der Waals surface area contributed by atoms with Gasteiger partial charge in [0.15, 0.2) is 0 Å². The molecule has 0 unspecified atom stereocenters. The second kappa shape index (κ2) is 7.91. The van der Waals surface area contributed by atoms with E-state index >= 15 is 0 Å². The van der Waals surface area contributed by atoms with Crippen LogP contribution in [-0.4, -0.2) is 31.6 Å². The number of hydrogen-bond donors (Lipinski definition) is 1. The van der Waals surface area contributed by atoms with Gasteiger partial charge in [-0.2, -0.15) is 0 Å². The Balaban J connectivity index is 1.63. The van der Waals surface area contributed by atoms with Crippen molar-refractivity contribution in [2.75, 3.05) is 32.0 Å². The van der Waals surface area contributed by atoms with Gasteiger partial charge in [0.2, 0.25) is 0 Å². The van der Waals surface area contributed by atoms with E-state index < -0.39 is 0 Å². The summed E-state index contributed by atoms with van der Waals surface area (Å²) in [6.07, 6.45) is 7.20. The average molecular weight is 325 g/mol.